The van der Waals surface area contributed by atoms with Crippen molar-refractivity contribution >= 4 is 22.9 Å². The summed E-state index contributed by atoms with van der Waals surface area (Å²) in [5.41, 5.74) is 1.01. The van der Waals surface area contributed by atoms with Gasteiger partial charge in [0, 0.05) is 17.3 Å². The lowest BCUT2D eigenvalue weighted by Gasteiger charge is -2.09. The fraction of sp³-hybridized carbons (Fsp3) is 0.105. The Balaban J connectivity index is 1.63. The number of hydrogen-bond acceptors (Lipinski definition) is 4. The summed E-state index contributed by atoms with van der Waals surface area (Å²) in [5, 5.41) is 4.34. The molecule has 26 heavy (non-hydrogen) atoms. The van der Waals surface area contributed by atoms with E-state index in [9.17, 15) is 13.6 Å². The predicted octanol–water partition coefficient (Wildman–Crippen LogP) is 4.87. The van der Waals surface area contributed by atoms with Crippen LogP contribution in [0.25, 0.3) is 0 Å². The van der Waals surface area contributed by atoms with E-state index < -0.39 is 17.5 Å². The van der Waals surface area contributed by atoms with Crippen molar-refractivity contribution in [1.29, 1.82) is 0 Å². The minimum Gasteiger partial charge on any atom is -0.493 e. The highest BCUT2D eigenvalue weighted by Gasteiger charge is 2.12. The van der Waals surface area contributed by atoms with Gasteiger partial charge >= 0.3 is 0 Å². The van der Waals surface area contributed by atoms with Crippen LogP contribution in [0.15, 0.2) is 53.9 Å². The van der Waals surface area contributed by atoms with Crippen molar-refractivity contribution in [3.8, 4) is 11.5 Å². The molecule has 1 heterocycles. The third-order valence-corrected chi connectivity index (χ3v) is 4.50. The van der Waals surface area contributed by atoms with Gasteiger partial charge in [0.2, 0.25) is 0 Å². The van der Waals surface area contributed by atoms with Crippen LogP contribution in [0.2, 0.25) is 0 Å². The van der Waals surface area contributed by atoms with E-state index in [1.54, 1.807) is 30.7 Å². The zero-order chi connectivity index (χ0) is 18.5. The molecular formula is C19H15F2NO3S. The van der Waals surface area contributed by atoms with Crippen LogP contribution in [0.3, 0.4) is 0 Å². The monoisotopic (exact) mass is 375 g/mol. The van der Waals surface area contributed by atoms with Crippen molar-refractivity contribution in [3.63, 3.8) is 0 Å². The minimum atomic E-state index is -1.01. The Morgan fingerprint density at radius 2 is 1.85 bits per heavy atom. The molecular weight excluding hydrogens is 360 g/mol. The normalized spacial score (nSPS) is 10.4. The molecule has 0 radical (unpaired) electrons. The van der Waals surface area contributed by atoms with E-state index in [0.29, 0.717) is 16.4 Å². The second-order valence-electron chi connectivity index (χ2n) is 5.34. The zero-order valence-corrected chi connectivity index (χ0v) is 14.6. The van der Waals surface area contributed by atoms with E-state index in [0.717, 1.165) is 17.7 Å². The summed E-state index contributed by atoms with van der Waals surface area (Å²) in [4.78, 5) is 12.7. The molecule has 3 rings (SSSR count). The molecule has 0 fully saturated rings. The van der Waals surface area contributed by atoms with Crippen LogP contribution < -0.4 is 14.8 Å². The van der Waals surface area contributed by atoms with Crippen molar-refractivity contribution in [3.05, 3.63) is 76.0 Å². The Labute approximate surface area is 153 Å². The summed E-state index contributed by atoms with van der Waals surface area (Å²) >= 11 is 1.24. The van der Waals surface area contributed by atoms with Gasteiger partial charge in [-0.15, -0.1) is 11.3 Å². The second-order valence-corrected chi connectivity index (χ2v) is 6.25. The predicted molar refractivity (Wildman–Crippen MR) is 96.0 cm³/mol. The van der Waals surface area contributed by atoms with Crippen molar-refractivity contribution in [2.45, 2.75) is 6.61 Å². The van der Waals surface area contributed by atoms with E-state index >= 15 is 0 Å². The van der Waals surface area contributed by atoms with Gasteiger partial charge in [-0.1, -0.05) is 12.1 Å². The number of nitrogens with one attached hydrogen (secondary N) is 1. The van der Waals surface area contributed by atoms with E-state index in [4.69, 9.17) is 9.47 Å². The van der Waals surface area contributed by atoms with Crippen LogP contribution in [0, 0.1) is 11.6 Å². The number of amides is 1. The number of carbonyl (C=O) groups excluding carboxylic acids is 1. The van der Waals surface area contributed by atoms with E-state index in [1.807, 2.05) is 12.1 Å². The first-order valence-corrected chi connectivity index (χ1v) is 8.54. The first-order valence-electron chi connectivity index (χ1n) is 7.66. The van der Waals surface area contributed by atoms with Gasteiger partial charge in [0.1, 0.15) is 6.61 Å². The third kappa shape index (κ3) is 4.18. The quantitative estimate of drug-likeness (QED) is 0.669. The van der Waals surface area contributed by atoms with Crippen molar-refractivity contribution in [2.24, 2.45) is 0 Å². The molecule has 0 saturated carbocycles. The maximum atomic E-state index is 13.2. The lowest BCUT2D eigenvalue weighted by Crippen LogP contribution is -2.10. The molecule has 0 atom stereocenters. The van der Waals surface area contributed by atoms with Gasteiger partial charge in [-0.05, 0) is 35.7 Å². The van der Waals surface area contributed by atoms with Crippen molar-refractivity contribution < 1.29 is 23.0 Å². The van der Waals surface area contributed by atoms with Crippen LogP contribution in [-0.2, 0) is 6.61 Å². The van der Waals surface area contributed by atoms with Crippen LogP contribution in [0.4, 0.5) is 14.5 Å². The molecule has 1 amide bonds. The largest absolute Gasteiger partial charge is 0.493 e. The van der Waals surface area contributed by atoms with Gasteiger partial charge in [0.15, 0.2) is 23.1 Å². The van der Waals surface area contributed by atoms with Crippen LogP contribution >= 0.6 is 11.3 Å². The number of carbonyl (C=O) groups is 1. The summed E-state index contributed by atoms with van der Waals surface area (Å²) in [5.74, 6) is -1.15. The average molecular weight is 375 g/mol. The molecule has 7 heteroatoms. The summed E-state index contributed by atoms with van der Waals surface area (Å²) in [7, 11) is 1.56. The van der Waals surface area contributed by atoms with Crippen molar-refractivity contribution in [2.75, 3.05) is 12.4 Å². The first kappa shape index (κ1) is 17.9. The first-order chi connectivity index (χ1) is 12.6. The fourth-order valence-corrected chi connectivity index (χ4v) is 3.03. The number of thiophene rings is 1. The molecule has 0 spiro atoms. The minimum absolute atomic E-state index is 0.189. The van der Waals surface area contributed by atoms with Crippen LogP contribution in [0.5, 0.6) is 11.5 Å². The highest BCUT2D eigenvalue weighted by Crippen LogP contribution is 2.27. The Morgan fingerprint density at radius 1 is 1.08 bits per heavy atom. The molecule has 3 aromatic rings. The number of methoxy groups -OCH3 is 1. The molecule has 134 valence electrons. The molecule has 0 unspecified atom stereocenters. The van der Waals surface area contributed by atoms with Crippen LogP contribution in [-0.4, -0.2) is 13.0 Å². The number of hydrogen-bond donors (Lipinski definition) is 1. The summed E-state index contributed by atoms with van der Waals surface area (Å²) < 4.78 is 37.1. The number of para-hydroxylation sites is 2. The molecule has 0 aliphatic carbocycles. The topological polar surface area (TPSA) is 47.6 Å². The van der Waals surface area contributed by atoms with Gasteiger partial charge in [0.05, 0.1) is 12.0 Å². The molecule has 2 aromatic carbocycles. The second kappa shape index (κ2) is 7.97. The Kier molecular flexibility index (Phi) is 5.48. The average Bonchev–Trinajstić information content (AvgIpc) is 3.12. The van der Waals surface area contributed by atoms with E-state index in [-0.39, 0.29) is 12.3 Å². The maximum absolute atomic E-state index is 13.2. The van der Waals surface area contributed by atoms with Gasteiger partial charge < -0.3 is 14.8 Å². The van der Waals surface area contributed by atoms with Gasteiger partial charge in [-0.25, -0.2) is 8.78 Å². The van der Waals surface area contributed by atoms with Gasteiger partial charge in [0.25, 0.3) is 5.91 Å². The Hall–Kier alpha value is -2.93. The summed E-state index contributed by atoms with van der Waals surface area (Å²) in [6, 6.07) is 12.2. The maximum Gasteiger partial charge on any atom is 0.265 e. The van der Waals surface area contributed by atoms with Gasteiger partial charge in [-0.2, -0.15) is 0 Å². The fourth-order valence-electron chi connectivity index (χ4n) is 2.24. The molecule has 4 nitrogen and oxygen atoms in total. The highest BCUT2D eigenvalue weighted by molar-refractivity contribution is 7.12. The van der Waals surface area contributed by atoms with E-state index in [1.165, 1.54) is 17.4 Å². The smallest absolute Gasteiger partial charge is 0.265 e. The van der Waals surface area contributed by atoms with E-state index in [2.05, 4.69) is 5.32 Å². The summed E-state index contributed by atoms with van der Waals surface area (Å²) in [6.07, 6.45) is 0. The molecule has 0 aliphatic heterocycles. The van der Waals surface area contributed by atoms with Crippen LogP contribution in [0.1, 0.15) is 15.2 Å². The molecule has 1 N–H and O–H groups in total. The molecule has 1 aromatic heterocycles. The standard InChI is InChI=1S/C19H15F2NO3S/c1-24-16-4-2-3-5-17(16)25-10-12-8-18(26-11-12)19(23)22-13-6-7-14(20)15(21)9-13/h2-9,11H,10H2,1H3,(H,22,23). The lowest BCUT2D eigenvalue weighted by molar-refractivity contribution is 0.103. The number of rotatable bonds is 6. The molecule has 0 saturated heterocycles. The zero-order valence-electron chi connectivity index (χ0n) is 13.8. The number of benzene rings is 2. The highest BCUT2D eigenvalue weighted by atomic mass is 32.1. The third-order valence-electron chi connectivity index (χ3n) is 3.52. The number of anilines is 1. The number of ether oxygens (including phenoxy) is 2. The Bertz CT molecular complexity index is 927. The van der Waals surface area contributed by atoms with Gasteiger partial charge in [-0.3, -0.25) is 4.79 Å². The van der Waals surface area contributed by atoms with Crippen molar-refractivity contribution in [1.82, 2.24) is 0 Å². The lowest BCUT2D eigenvalue weighted by atomic mass is 10.2. The summed E-state index contributed by atoms with van der Waals surface area (Å²) in [6.45, 7) is 0.273. The molecule has 0 bridgehead atoms. The SMILES string of the molecule is COc1ccccc1OCc1csc(C(=O)Nc2ccc(F)c(F)c2)c1. The Morgan fingerprint density at radius 3 is 2.58 bits per heavy atom. The number of halogens is 2. The molecule has 0 aliphatic rings.